The van der Waals surface area contributed by atoms with Crippen molar-refractivity contribution in [1.29, 1.82) is 5.26 Å². The van der Waals surface area contributed by atoms with E-state index < -0.39 is 28.0 Å². The maximum atomic E-state index is 12.7. The minimum absolute atomic E-state index is 0.120. The van der Waals surface area contributed by atoms with Crippen molar-refractivity contribution in [3.8, 4) is 6.07 Å². The number of nitrogens with zero attached hydrogens (tertiary/aromatic N) is 2. The molecule has 1 N–H and O–H groups in total. The standard InChI is InChI=1S/C22H23N3O5S/c1-16(21(26)24-19-7-5-6-17(14-19)15-23)30-22(27)18-8-10-20(11-9-18)31(28,29)25-12-3-2-4-13-25/h5-11,14,16H,2-4,12-13H2,1H3,(H,24,26)/t16-/m1/s1. The van der Waals surface area contributed by atoms with Crippen molar-refractivity contribution < 1.29 is 22.7 Å². The van der Waals surface area contributed by atoms with Gasteiger partial charge in [0, 0.05) is 18.8 Å². The minimum atomic E-state index is -3.59. The molecule has 162 valence electrons. The van der Waals surface area contributed by atoms with Crippen molar-refractivity contribution in [1.82, 2.24) is 4.31 Å². The van der Waals surface area contributed by atoms with Crippen LogP contribution in [0, 0.1) is 11.3 Å². The van der Waals surface area contributed by atoms with Gasteiger partial charge in [-0.2, -0.15) is 9.57 Å². The van der Waals surface area contributed by atoms with Crippen molar-refractivity contribution >= 4 is 27.6 Å². The van der Waals surface area contributed by atoms with Gasteiger partial charge in [-0.15, -0.1) is 0 Å². The molecule has 1 amide bonds. The summed E-state index contributed by atoms with van der Waals surface area (Å²) < 4.78 is 32.0. The van der Waals surface area contributed by atoms with Gasteiger partial charge in [0.1, 0.15) is 0 Å². The Morgan fingerprint density at radius 3 is 2.42 bits per heavy atom. The Balaban J connectivity index is 1.62. The molecule has 0 radical (unpaired) electrons. The van der Waals surface area contributed by atoms with Crippen LogP contribution in [0.2, 0.25) is 0 Å². The third kappa shape index (κ3) is 5.48. The molecule has 1 fully saturated rings. The summed E-state index contributed by atoms with van der Waals surface area (Å²) in [6, 6.07) is 13.8. The van der Waals surface area contributed by atoms with Gasteiger partial charge >= 0.3 is 5.97 Å². The average molecular weight is 442 g/mol. The zero-order chi connectivity index (χ0) is 22.4. The van der Waals surface area contributed by atoms with Crippen LogP contribution in [0.4, 0.5) is 5.69 Å². The zero-order valence-electron chi connectivity index (χ0n) is 17.1. The highest BCUT2D eigenvalue weighted by Gasteiger charge is 2.26. The number of carbonyl (C=O) groups is 2. The first-order valence-corrected chi connectivity index (χ1v) is 11.4. The molecule has 0 unspecified atom stereocenters. The molecule has 1 saturated heterocycles. The molecular formula is C22H23N3O5S. The van der Waals surface area contributed by atoms with Crippen molar-refractivity contribution in [3.63, 3.8) is 0 Å². The third-order valence-corrected chi connectivity index (χ3v) is 6.87. The topological polar surface area (TPSA) is 117 Å². The van der Waals surface area contributed by atoms with E-state index in [1.165, 1.54) is 41.6 Å². The van der Waals surface area contributed by atoms with Gasteiger partial charge in [0.05, 0.1) is 22.1 Å². The molecule has 2 aromatic rings. The molecule has 0 aliphatic carbocycles. The first-order chi connectivity index (χ1) is 14.8. The van der Waals surface area contributed by atoms with Crippen LogP contribution in [0.5, 0.6) is 0 Å². The Bertz CT molecular complexity index is 1100. The van der Waals surface area contributed by atoms with Crippen LogP contribution >= 0.6 is 0 Å². The summed E-state index contributed by atoms with van der Waals surface area (Å²) >= 11 is 0. The average Bonchev–Trinajstić information content (AvgIpc) is 2.79. The van der Waals surface area contributed by atoms with E-state index in [1.54, 1.807) is 18.2 Å². The first-order valence-electron chi connectivity index (χ1n) is 9.93. The fraction of sp³-hybridized carbons (Fsp3) is 0.318. The summed E-state index contributed by atoms with van der Waals surface area (Å²) in [5.74, 6) is -1.29. The molecule has 1 aliphatic rings. The van der Waals surface area contributed by atoms with E-state index in [1.807, 2.05) is 6.07 Å². The number of anilines is 1. The molecule has 1 heterocycles. The smallest absolute Gasteiger partial charge is 0.338 e. The fourth-order valence-electron chi connectivity index (χ4n) is 3.21. The molecular weight excluding hydrogens is 418 g/mol. The molecule has 9 heteroatoms. The van der Waals surface area contributed by atoms with Gasteiger partial charge in [-0.05, 0) is 62.2 Å². The van der Waals surface area contributed by atoms with Crippen LogP contribution < -0.4 is 5.32 Å². The number of hydrogen-bond donors (Lipinski definition) is 1. The number of sulfonamides is 1. The lowest BCUT2D eigenvalue weighted by Crippen LogP contribution is -2.35. The maximum absolute atomic E-state index is 12.7. The zero-order valence-corrected chi connectivity index (χ0v) is 17.9. The SMILES string of the molecule is C[C@@H](OC(=O)c1ccc(S(=O)(=O)N2CCCCC2)cc1)C(=O)Nc1cccc(C#N)c1. The number of amides is 1. The number of rotatable bonds is 6. The lowest BCUT2D eigenvalue weighted by atomic mass is 10.2. The van der Waals surface area contributed by atoms with Gasteiger partial charge in [0.25, 0.3) is 5.91 Å². The van der Waals surface area contributed by atoms with Crippen molar-refractivity contribution in [3.05, 3.63) is 59.7 Å². The molecule has 1 atom stereocenters. The van der Waals surface area contributed by atoms with Crippen molar-refractivity contribution in [2.75, 3.05) is 18.4 Å². The van der Waals surface area contributed by atoms with Crippen LogP contribution in [0.3, 0.4) is 0 Å². The Hall–Kier alpha value is -3.22. The van der Waals surface area contributed by atoms with Crippen LogP contribution in [0.25, 0.3) is 0 Å². The largest absolute Gasteiger partial charge is 0.449 e. The number of hydrogen-bond acceptors (Lipinski definition) is 6. The second-order valence-electron chi connectivity index (χ2n) is 7.22. The quantitative estimate of drug-likeness (QED) is 0.689. The molecule has 1 aliphatic heterocycles. The number of nitrogens with one attached hydrogen (secondary N) is 1. The lowest BCUT2D eigenvalue weighted by molar-refractivity contribution is -0.123. The number of ether oxygens (including phenoxy) is 1. The molecule has 3 rings (SSSR count). The minimum Gasteiger partial charge on any atom is -0.449 e. The number of esters is 1. The van der Waals surface area contributed by atoms with Crippen LogP contribution in [0.15, 0.2) is 53.4 Å². The van der Waals surface area contributed by atoms with E-state index in [9.17, 15) is 18.0 Å². The predicted molar refractivity (Wildman–Crippen MR) is 114 cm³/mol. The van der Waals surface area contributed by atoms with E-state index in [0.29, 0.717) is 24.3 Å². The molecule has 2 aromatic carbocycles. The molecule has 0 bridgehead atoms. The summed E-state index contributed by atoms with van der Waals surface area (Å²) in [5.41, 5.74) is 0.949. The van der Waals surface area contributed by atoms with Crippen LogP contribution in [-0.2, 0) is 19.6 Å². The van der Waals surface area contributed by atoms with E-state index in [4.69, 9.17) is 10.00 Å². The molecule has 0 spiro atoms. The summed E-state index contributed by atoms with van der Waals surface area (Å²) in [5, 5.41) is 11.5. The van der Waals surface area contributed by atoms with E-state index in [0.717, 1.165) is 19.3 Å². The summed E-state index contributed by atoms with van der Waals surface area (Å²) in [6.07, 6.45) is 1.61. The number of benzene rings is 2. The third-order valence-electron chi connectivity index (χ3n) is 4.96. The number of piperidine rings is 1. The lowest BCUT2D eigenvalue weighted by Gasteiger charge is -2.25. The monoisotopic (exact) mass is 441 g/mol. The maximum Gasteiger partial charge on any atom is 0.338 e. The number of nitriles is 1. The molecule has 31 heavy (non-hydrogen) atoms. The highest BCUT2D eigenvalue weighted by Crippen LogP contribution is 2.21. The van der Waals surface area contributed by atoms with Gasteiger partial charge in [0.2, 0.25) is 10.0 Å². The normalized spacial score (nSPS) is 15.5. The highest BCUT2D eigenvalue weighted by molar-refractivity contribution is 7.89. The van der Waals surface area contributed by atoms with Gasteiger partial charge in [-0.3, -0.25) is 4.79 Å². The van der Waals surface area contributed by atoms with E-state index in [-0.39, 0.29) is 10.5 Å². The van der Waals surface area contributed by atoms with Crippen molar-refractivity contribution in [2.45, 2.75) is 37.2 Å². The van der Waals surface area contributed by atoms with E-state index in [2.05, 4.69) is 5.32 Å². The fourth-order valence-corrected chi connectivity index (χ4v) is 4.73. The second-order valence-corrected chi connectivity index (χ2v) is 9.16. The molecule has 8 nitrogen and oxygen atoms in total. The van der Waals surface area contributed by atoms with Gasteiger partial charge < -0.3 is 10.1 Å². The molecule has 0 aromatic heterocycles. The second kappa shape index (κ2) is 9.73. The Kier molecular flexibility index (Phi) is 7.05. The van der Waals surface area contributed by atoms with Crippen LogP contribution in [-0.4, -0.2) is 43.8 Å². The van der Waals surface area contributed by atoms with Crippen molar-refractivity contribution in [2.24, 2.45) is 0 Å². The van der Waals surface area contributed by atoms with E-state index >= 15 is 0 Å². The summed E-state index contributed by atoms with van der Waals surface area (Å²) in [6.45, 7) is 2.42. The highest BCUT2D eigenvalue weighted by atomic mass is 32.2. The number of carbonyl (C=O) groups excluding carboxylic acids is 2. The molecule has 0 saturated carbocycles. The predicted octanol–water partition coefficient (Wildman–Crippen LogP) is 2.92. The first kappa shape index (κ1) is 22.5. The van der Waals surface area contributed by atoms with Crippen LogP contribution in [0.1, 0.15) is 42.1 Å². The Morgan fingerprint density at radius 1 is 1.10 bits per heavy atom. The summed E-state index contributed by atoms with van der Waals surface area (Å²) in [7, 11) is -3.59. The van der Waals surface area contributed by atoms with Gasteiger partial charge in [0.15, 0.2) is 6.10 Å². The Labute approximate surface area is 181 Å². The van der Waals surface area contributed by atoms with Gasteiger partial charge in [-0.1, -0.05) is 12.5 Å². The Morgan fingerprint density at radius 2 is 1.77 bits per heavy atom. The van der Waals surface area contributed by atoms with Gasteiger partial charge in [-0.25, -0.2) is 13.2 Å². The summed E-state index contributed by atoms with van der Waals surface area (Å²) in [4.78, 5) is 24.8.